The van der Waals surface area contributed by atoms with E-state index in [1.54, 1.807) is 11.3 Å². The SMILES string of the molecule is C=CCN1CCOC2(CCN(c3nccs3)CC2)c2ccccc21. The molecule has 2 aliphatic rings. The first-order chi connectivity index (χ1) is 11.8. The third-order valence-electron chi connectivity index (χ3n) is 5.09. The molecule has 0 N–H and O–H groups in total. The summed E-state index contributed by atoms with van der Waals surface area (Å²) < 4.78 is 6.48. The molecule has 126 valence electrons. The van der Waals surface area contributed by atoms with Crippen molar-refractivity contribution in [2.75, 3.05) is 42.6 Å². The zero-order valence-corrected chi connectivity index (χ0v) is 14.7. The molecule has 0 radical (unpaired) electrons. The second-order valence-electron chi connectivity index (χ2n) is 6.40. The van der Waals surface area contributed by atoms with Gasteiger partial charge in [0.25, 0.3) is 0 Å². The predicted molar refractivity (Wildman–Crippen MR) is 100 cm³/mol. The zero-order chi connectivity index (χ0) is 16.4. The van der Waals surface area contributed by atoms with Crippen molar-refractivity contribution in [1.29, 1.82) is 0 Å². The number of hydrogen-bond acceptors (Lipinski definition) is 5. The number of rotatable bonds is 3. The molecule has 24 heavy (non-hydrogen) atoms. The van der Waals surface area contributed by atoms with Gasteiger partial charge in [-0.1, -0.05) is 24.3 Å². The van der Waals surface area contributed by atoms with Crippen molar-refractivity contribution in [3.05, 3.63) is 54.1 Å². The lowest BCUT2D eigenvalue weighted by Crippen LogP contribution is -2.44. The maximum atomic E-state index is 6.48. The van der Waals surface area contributed by atoms with Crippen LogP contribution in [0.5, 0.6) is 0 Å². The first kappa shape index (κ1) is 15.7. The van der Waals surface area contributed by atoms with Gasteiger partial charge in [0.2, 0.25) is 0 Å². The summed E-state index contributed by atoms with van der Waals surface area (Å²) in [5.74, 6) is 0. The molecule has 0 atom stereocenters. The largest absolute Gasteiger partial charge is 0.368 e. The van der Waals surface area contributed by atoms with Crippen LogP contribution in [0.3, 0.4) is 0 Å². The van der Waals surface area contributed by atoms with E-state index in [0.29, 0.717) is 0 Å². The van der Waals surface area contributed by atoms with Crippen molar-refractivity contribution in [3.8, 4) is 0 Å². The van der Waals surface area contributed by atoms with E-state index in [4.69, 9.17) is 4.74 Å². The van der Waals surface area contributed by atoms with Gasteiger partial charge in [-0.25, -0.2) is 4.98 Å². The highest BCUT2D eigenvalue weighted by molar-refractivity contribution is 7.13. The number of ether oxygens (including phenoxy) is 1. The van der Waals surface area contributed by atoms with Crippen LogP contribution in [0.2, 0.25) is 0 Å². The number of hydrogen-bond donors (Lipinski definition) is 0. The minimum Gasteiger partial charge on any atom is -0.368 e. The van der Waals surface area contributed by atoms with Gasteiger partial charge in [-0.3, -0.25) is 0 Å². The van der Waals surface area contributed by atoms with Crippen molar-refractivity contribution in [3.63, 3.8) is 0 Å². The molecule has 0 saturated carbocycles. The highest BCUT2D eigenvalue weighted by Gasteiger charge is 2.41. The number of thiazole rings is 1. The number of benzene rings is 1. The Morgan fingerprint density at radius 2 is 2.08 bits per heavy atom. The quantitative estimate of drug-likeness (QED) is 0.797. The molecule has 0 bridgehead atoms. The van der Waals surface area contributed by atoms with Crippen LogP contribution >= 0.6 is 11.3 Å². The Hall–Kier alpha value is -1.85. The number of fused-ring (bicyclic) bond motifs is 2. The molecule has 5 heteroatoms. The van der Waals surface area contributed by atoms with Gasteiger partial charge in [0.15, 0.2) is 5.13 Å². The summed E-state index contributed by atoms with van der Waals surface area (Å²) in [5, 5.41) is 3.17. The van der Waals surface area contributed by atoms with Crippen LogP contribution in [0, 0.1) is 0 Å². The number of anilines is 2. The molecule has 2 aromatic rings. The fourth-order valence-electron chi connectivity index (χ4n) is 3.87. The minimum absolute atomic E-state index is 0.166. The van der Waals surface area contributed by atoms with Gasteiger partial charge in [0.1, 0.15) is 0 Å². The molecule has 2 aliphatic heterocycles. The molecular weight excluding hydrogens is 318 g/mol. The summed E-state index contributed by atoms with van der Waals surface area (Å²) in [6.45, 7) is 8.43. The van der Waals surface area contributed by atoms with Crippen LogP contribution < -0.4 is 9.80 Å². The second kappa shape index (κ2) is 6.57. The van der Waals surface area contributed by atoms with E-state index in [-0.39, 0.29) is 5.60 Å². The normalized spacial score (nSPS) is 19.8. The first-order valence-corrected chi connectivity index (χ1v) is 9.44. The van der Waals surface area contributed by atoms with Gasteiger partial charge in [-0.05, 0) is 18.9 Å². The highest BCUT2D eigenvalue weighted by atomic mass is 32.1. The zero-order valence-electron chi connectivity index (χ0n) is 13.9. The Balaban J connectivity index is 1.63. The Morgan fingerprint density at radius 3 is 2.83 bits per heavy atom. The van der Waals surface area contributed by atoms with Gasteiger partial charge in [-0.2, -0.15) is 0 Å². The number of piperidine rings is 1. The lowest BCUT2D eigenvalue weighted by Gasteiger charge is -2.41. The molecule has 3 heterocycles. The smallest absolute Gasteiger partial charge is 0.185 e. The molecule has 4 rings (SSSR count). The fourth-order valence-corrected chi connectivity index (χ4v) is 4.57. The molecule has 1 aromatic heterocycles. The summed E-state index contributed by atoms with van der Waals surface area (Å²) in [5.41, 5.74) is 2.47. The van der Waals surface area contributed by atoms with Crippen molar-refractivity contribution in [2.45, 2.75) is 18.4 Å². The first-order valence-electron chi connectivity index (χ1n) is 8.56. The second-order valence-corrected chi connectivity index (χ2v) is 7.27. The molecule has 0 unspecified atom stereocenters. The molecular formula is C19H23N3OS. The van der Waals surface area contributed by atoms with Crippen LogP contribution in [0.4, 0.5) is 10.8 Å². The standard InChI is InChI=1S/C19H23N3OS/c1-2-10-21-13-14-23-19(16-5-3-4-6-17(16)21)7-11-22(12-8-19)18-20-9-15-24-18/h2-6,9,15H,1,7-8,10-14H2. The van der Waals surface area contributed by atoms with Crippen molar-refractivity contribution < 1.29 is 4.74 Å². The maximum absolute atomic E-state index is 6.48. The number of nitrogens with zero attached hydrogens (tertiary/aromatic N) is 3. The Labute approximate surface area is 147 Å². The lowest BCUT2D eigenvalue weighted by molar-refractivity contribution is -0.0604. The minimum atomic E-state index is -0.166. The van der Waals surface area contributed by atoms with E-state index in [2.05, 4.69) is 45.6 Å². The maximum Gasteiger partial charge on any atom is 0.185 e. The molecule has 4 nitrogen and oxygen atoms in total. The van der Waals surface area contributed by atoms with E-state index in [0.717, 1.165) is 50.8 Å². The number of para-hydroxylation sites is 1. The van der Waals surface area contributed by atoms with Crippen molar-refractivity contribution in [2.24, 2.45) is 0 Å². The van der Waals surface area contributed by atoms with E-state index >= 15 is 0 Å². The third kappa shape index (κ3) is 2.72. The van der Waals surface area contributed by atoms with Gasteiger partial charge in [0, 0.05) is 49.0 Å². The van der Waals surface area contributed by atoms with E-state index < -0.39 is 0 Å². The third-order valence-corrected chi connectivity index (χ3v) is 5.92. The van der Waals surface area contributed by atoms with Crippen LogP contribution in [0.1, 0.15) is 18.4 Å². The van der Waals surface area contributed by atoms with E-state index in [1.165, 1.54) is 11.3 Å². The fraction of sp³-hybridized carbons (Fsp3) is 0.421. The topological polar surface area (TPSA) is 28.6 Å². The summed E-state index contributed by atoms with van der Waals surface area (Å²) in [7, 11) is 0. The van der Waals surface area contributed by atoms with Gasteiger partial charge >= 0.3 is 0 Å². The van der Waals surface area contributed by atoms with Crippen LogP contribution in [-0.2, 0) is 10.3 Å². The average molecular weight is 341 g/mol. The van der Waals surface area contributed by atoms with E-state index in [1.807, 2.05) is 17.7 Å². The van der Waals surface area contributed by atoms with Crippen molar-refractivity contribution >= 4 is 22.2 Å². The van der Waals surface area contributed by atoms with Gasteiger partial charge < -0.3 is 14.5 Å². The monoisotopic (exact) mass is 341 g/mol. The molecule has 1 fully saturated rings. The molecule has 1 saturated heterocycles. The predicted octanol–water partition coefficient (Wildman–Crippen LogP) is 3.66. The summed E-state index contributed by atoms with van der Waals surface area (Å²) in [4.78, 5) is 9.22. The summed E-state index contributed by atoms with van der Waals surface area (Å²) in [6, 6.07) is 8.73. The van der Waals surface area contributed by atoms with Crippen LogP contribution in [0.15, 0.2) is 48.5 Å². The van der Waals surface area contributed by atoms with Gasteiger partial charge in [0.05, 0.1) is 12.2 Å². The Bertz CT molecular complexity index is 692. The number of aromatic nitrogens is 1. The van der Waals surface area contributed by atoms with Gasteiger partial charge in [-0.15, -0.1) is 17.9 Å². The van der Waals surface area contributed by atoms with Crippen molar-refractivity contribution in [1.82, 2.24) is 4.98 Å². The molecule has 1 aromatic carbocycles. The average Bonchev–Trinajstić information content (AvgIpc) is 3.12. The highest BCUT2D eigenvalue weighted by Crippen LogP contribution is 2.43. The summed E-state index contributed by atoms with van der Waals surface area (Å²) in [6.07, 6.45) is 5.87. The van der Waals surface area contributed by atoms with Crippen LogP contribution in [-0.4, -0.2) is 37.8 Å². The van der Waals surface area contributed by atoms with E-state index in [9.17, 15) is 0 Å². The molecule has 0 amide bonds. The Morgan fingerprint density at radius 1 is 1.25 bits per heavy atom. The lowest BCUT2D eigenvalue weighted by atomic mass is 9.83. The van der Waals surface area contributed by atoms with Crippen LogP contribution in [0.25, 0.3) is 0 Å². The molecule has 0 aliphatic carbocycles. The Kier molecular flexibility index (Phi) is 4.29. The summed E-state index contributed by atoms with van der Waals surface area (Å²) >= 11 is 1.72. The molecule has 1 spiro atoms.